The topological polar surface area (TPSA) is 105 Å². The van der Waals surface area contributed by atoms with Crippen LogP contribution in [0.15, 0.2) is 40.8 Å². The van der Waals surface area contributed by atoms with E-state index in [1.807, 2.05) is 0 Å². The normalized spacial score (nSPS) is 21.1. The van der Waals surface area contributed by atoms with E-state index in [-0.39, 0.29) is 17.9 Å². The van der Waals surface area contributed by atoms with E-state index in [9.17, 15) is 20.0 Å². The highest BCUT2D eigenvalue weighted by Crippen LogP contribution is 2.21. The Labute approximate surface area is 108 Å². The summed E-state index contributed by atoms with van der Waals surface area (Å²) in [6.45, 7) is 1.80. The monoisotopic (exact) mass is 265 g/mol. The summed E-state index contributed by atoms with van der Waals surface area (Å²) in [7, 11) is 0. The highest BCUT2D eigenvalue weighted by molar-refractivity contribution is 5.99. The number of ether oxygens (including phenoxy) is 1. The van der Waals surface area contributed by atoms with E-state index in [1.165, 1.54) is 18.4 Å². The number of amidine groups is 1. The first-order chi connectivity index (χ1) is 9.04. The van der Waals surface area contributed by atoms with Crippen LogP contribution in [0.2, 0.25) is 0 Å². The van der Waals surface area contributed by atoms with Crippen molar-refractivity contribution in [2.24, 2.45) is 4.99 Å². The summed E-state index contributed by atoms with van der Waals surface area (Å²) >= 11 is 0. The van der Waals surface area contributed by atoms with Gasteiger partial charge < -0.3 is 9.84 Å². The lowest BCUT2D eigenvalue weighted by atomic mass is 10.1. The molecule has 0 aromatic heterocycles. The Kier molecular flexibility index (Phi) is 3.43. The summed E-state index contributed by atoms with van der Waals surface area (Å²) in [4.78, 5) is 26.8. The van der Waals surface area contributed by atoms with Gasteiger partial charge in [-0.25, -0.2) is 9.79 Å². The number of rotatable bonds is 3. The van der Waals surface area contributed by atoms with E-state index in [4.69, 9.17) is 4.74 Å². The predicted octanol–water partition coefficient (Wildman–Crippen LogP) is 0.154. The number of aliphatic imine (C=N–C) groups is 1. The number of nitro groups is 1. The number of allylic oxidation sites excluding steroid dienone is 1. The number of esters is 1. The van der Waals surface area contributed by atoms with Crippen molar-refractivity contribution in [1.29, 1.82) is 0 Å². The number of carbonyl (C=O) groups excluding carboxylic acids is 1. The molecule has 19 heavy (non-hydrogen) atoms. The van der Waals surface area contributed by atoms with Crippen molar-refractivity contribution < 1.29 is 19.6 Å². The third-order valence-corrected chi connectivity index (χ3v) is 2.54. The van der Waals surface area contributed by atoms with Crippen LogP contribution in [0.1, 0.15) is 6.92 Å². The molecule has 8 heteroatoms. The van der Waals surface area contributed by atoms with Gasteiger partial charge in [-0.3, -0.25) is 15.0 Å². The van der Waals surface area contributed by atoms with Gasteiger partial charge in [0.2, 0.25) is 0 Å². The number of aliphatic hydroxyl groups is 1. The lowest BCUT2D eigenvalue weighted by Crippen LogP contribution is -2.42. The molecule has 0 saturated carbocycles. The van der Waals surface area contributed by atoms with Gasteiger partial charge in [0.05, 0.1) is 17.7 Å². The van der Waals surface area contributed by atoms with Crippen molar-refractivity contribution >= 4 is 11.8 Å². The fourth-order valence-corrected chi connectivity index (χ4v) is 1.64. The number of hydrogen-bond donors (Lipinski definition) is 1. The number of nitrogens with zero attached hydrogens (tertiary/aromatic N) is 3. The van der Waals surface area contributed by atoms with Crippen LogP contribution in [0.3, 0.4) is 0 Å². The molecule has 0 spiro atoms. The average Bonchev–Trinajstić information content (AvgIpc) is 2.39. The van der Waals surface area contributed by atoms with Crippen molar-refractivity contribution in [3.05, 3.63) is 45.9 Å². The summed E-state index contributed by atoms with van der Waals surface area (Å²) in [5.41, 5.74) is -0.275. The summed E-state index contributed by atoms with van der Waals surface area (Å²) < 4.78 is 4.77. The van der Waals surface area contributed by atoms with Gasteiger partial charge >= 0.3 is 5.97 Å². The zero-order chi connectivity index (χ0) is 14.0. The summed E-state index contributed by atoms with van der Waals surface area (Å²) in [6, 6.07) is 0. The number of hydrogen-bond acceptors (Lipinski definition) is 7. The molecule has 0 aliphatic carbocycles. The largest absolute Gasteiger partial charge is 0.462 e. The van der Waals surface area contributed by atoms with Crippen LogP contribution in [0, 0.1) is 10.1 Å². The molecule has 0 saturated heterocycles. The van der Waals surface area contributed by atoms with Crippen molar-refractivity contribution in [2.45, 2.75) is 13.2 Å². The lowest BCUT2D eigenvalue weighted by molar-refractivity contribution is -0.420. The van der Waals surface area contributed by atoms with E-state index in [0.29, 0.717) is 5.84 Å². The molecule has 1 atom stereocenters. The maximum atomic E-state index is 11.6. The molecule has 2 rings (SSSR count). The Balaban J connectivity index is 2.30. The van der Waals surface area contributed by atoms with Gasteiger partial charge in [0, 0.05) is 12.3 Å². The zero-order valence-corrected chi connectivity index (χ0v) is 10.0. The molecule has 0 amide bonds. The molecule has 0 radical (unpaired) electrons. The van der Waals surface area contributed by atoms with Crippen molar-refractivity contribution in [3.63, 3.8) is 0 Å². The van der Waals surface area contributed by atoms with Gasteiger partial charge in [-0.15, -0.1) is 0 Å². The standard InChI is InChI=1S/C11H11N3O5/c1-2-19-11(16)8-5-12-9-4-3-7(14(17)18)6-13(9)10(8)15/h3-6,10,15H,2H2,1H3/t10-/m1/s1. The van der Waals surface area contributed by atoms with Crippen LogP contribution in [-0.4, -0.2) is 39.6 Å². The molecule has 2 aliphatic rings. The maximum absolute atomic E-state index is 11.6. The van der Waals surface area contributed by atoms with Crippen LogP contribution in [0.4, 0.5) is 0 Å². The zero-order valence-electron chi connectivity index (χ0n) is 10.0. The second-order valence-corrected chi connectivity index (χ2v) is 3.72. The Morgan fingerprint density at radius 1 is 1.63 bits per heavy atom. The van der Waals surface area contributed by atoms with E-state index in [1.54, 1.807) is 6.92 Å². The van der Waals surface area contributed by atoms with Gasteiger partial charge in [-0.05, 0) is 13.0 Å². The predicted molar refractivity (Wildman–Crippen MR) is 64.2 cm³/mol. The highest BCUT2D eigenvalue weighted by atomic mass is 16.6. The van der Waals surface area contributed by atoms with Crippen LogP contribution in [0.25, 0.3) is 0 Å². The Hall–Kier alpha value is -2.48. The quantitative estimate of drug-likeness (QED) is 0.442. The molecule has 0 unspecified atom stereocenters. The van der Waals surface area contributed by atoms with Crippen molar-refractivity contribution in [1.82, 2.24) is 4.90 Å². The number of aliphatic hydroxyl groups excluding tert-OH is 1. The first-order valence-electron chi connectivity index (χ1n) is 5.50. The van der Waals surface area contributed by atoms with Crippen LogP contribution < -0.4 is 0 Å². The molecule has 1 N–H and O–H groups in total. The van der Waals surface area contributed by atoms with Gasteiger partial charge in [0.1, 0.15) is 11.4 Å². The van der Waals surface area contributed by atoms with Gasteiger partial charge in [-0.2, -0.15) is 0 Å². The van der Waals surface area contributed by atoms with E-state index < -0.39 is 17.1 Å². The molecule has 0 fully saturated rings. The third-order valence-electron chi connectivity index (χ3n) is 2.54. The summed E-state index contributed by atoms with van der Waals surface area (Å²) in [5, 5.41) is 20.7. The molecule has 0 bridgehead atoms. The van der Waals surface area contributed by atoms with Gasteiger partial charge in [0.25, 0.3) is 5.70 Å². The molecule has 100 valence electrons. The first-order valence-corrected chi connectivity index (χ1v) is 5.50. The first kappa shape index (κ1) is 13.0. The van der Waals surface area contributed by atoms with Crippen LogP contribution in [0.5, 0.6) is 0 Å². The molecule has 0 aromatic rings. The Morgan fingerprint density at radius 2 is 2.37 bits per heavy atom. The third kappa shape index (κ3) is 2.38. The summed E-state index contributed by atoms with van der Waals surface area (Å²) in [5.74, 6) is -0.394. The maximum Gasteiger partial charge on any atom is 0.340 e. The average molecular weight is 265 g/mol. The van der Waals surface area contributed by atoms with Crippen molar-refractivity contribution in [3.8, 4) is 0 Å². The van der Waals surface area contributed by atoms with E-state index >= 15 is 0 Å². The fraction of sp³-hybridized carbons (Fsp3) is 0.273. The molecule has 0 aromatic carbocycles. The fourth-order valence-electron chi connectivity index (χ4n) is 1.64. The highest BCUT2D eigenvalue weighted by Gasteiger charge is 2.32. The molecular weight excluding hydrogens is 254 g/mol. The van der Waals surface area contributed by atoms with E-state index in [0.717, 1.165) is 11.1 Å². The minimum Gasteiger partial charge on any atom is -0.462 e. The minimum atomic E-state index is -1.36. The van der Waals surface area contributed by atoms with Crippen LogP contribution in [-0.2, 0) is 9.53 Å². The molecule has 2 aliphatic heterocycles. The Bertz CT molecular complexity index is 547. The Morgan fingerprint density at radius 3 is 3.00 bits per heavy atom. The lowest BCUT2D eigenvalue weighted by Gasteiger charge is -2.30. The second-order valence-electron chi connectivity index (χ2n) is 3.72. The smallest absolute Gasteiger partial charge is 0.340 e. The van der Waals surface area contributed by atoms with Gasteiger partial charge in [-0.1, -0.05) is 0 Å². The molecular formula is C11H11N3O5. The number of fused-ring (bicyclic) bond motifs is 1. The minimum absolute atomic E-state index is 0.0696. The van der Waals surface area contributed by atoms with Gasteiger partial charge in [0.15, 0.2) is 6.23 Å². The van der Waals surface area contributed by atoms with Crippen molar-refractivity contribution in [2.75, 3.05) is 6.61 Å². The van der Waals surface area contributed by atoms with E-state index in [2.05, 4.69) is 4.99 Å². The summed E-state index contributed by atoms with van der Waals surface area (Å²) in [6.07, 6.45) is 3.62. The number of carbonyl (C=O) groups is 1. The second kappa shape index (κ2) is 5.02. The molecule has 8 nitrogen and oxygen atoms in total. The molecule has 2 heterocycles. The van der Waals surface area contributed by atoms with Crippen LogP contribution >= 0.6 is 0 Å². The SMILES string of the molecule is CCOC(=O)C1=CN=C2C=CC([N+](=O)[O-])=CN2[C@@H]1O.